The van der Waals surface area contributed by atoms with E-state index in [1.54, 1.807) is 31.2 Å². The third-order valence-electron chi connectivity index (χ3n) is 3.77. The van der Waals surface area contributed by atoms with Gasteiger partial charge in [-0.15, -0.1) is 0 Å². The molecule has 150 valence electrons. The summed E-state index contributed by atoms with van der Waals surface area (Å²) in [4.78, 5) is 25.0. The Balaban J connectivity index is 1.61. The van der Waals surface area contributed by atoms with Crippen molar-refractivity contribution >= 4 is 11.9 Å². The van der Waals surface area contributed by atoms with Crippen molar-refractivity contribution < 1.29 is 33.3 Å². The highest BCUT2D eigenvalue weighted by Crippen LogP contribution is 2.22. The van der Waals surface area contributed by atoms with Gasteiger partial charge in [-0.3, -0.25) is 4.79 Å². The molecule has 0 saturated heterocycles. The molecule has 2 atom stereocenters. The summed E-state index contributed by atoms with van der Waals surface area (Å²) in [7, 11) is 1.60. The molecule has 0 bridgehead atoms. The van der Waals surface area contributed by atoms with Gasteiger partial charge in [0.25, 0.3) is 5.91 Å². The number of carbonyl (C=O) groups is 2. The van der Waals surface area contributed by atoms with Crippen LogP contribution in [0.4, 0.5) is 0 Å². The zero-order valence-corrected chi connectivity index (χ0v) is 15.6. The van der Waals surface area contributed by atoms with Crippen LogP contribution >= 0.6 is 0 Å². The topological polar surface area (TPSA) is 95.6 Å². The molecule has 2 rings (SSSR count). The summed E-state index contributed by atoms with van der Waals surface area (Å²) in [6.07, 6.45) is 4.49. The molecule has 0 aromatic rings. The predicted octanol–water partition coefficient (Wildman–Crippen LogP) is 0.297. The van der Waals surface area contributed by atoms with Gasteiger partial charge in [0.15, 0.2) is 6.23 Å². The third-order valence-corrected chi connectivity index (χ3v) is 3.77. The van der Waals surface area contributed by atoms with Crippen molar-refractivity contribution in [2.24, 2.45) is 0 Å². The maximum Gasteiger partial charge on any atom is 0.332 e. The Morgan fingerprint density at radius 2 is 2.00 bits per heavy atom. The lowest BCUT2D eigenvalue weighted by Gasteiger charge is -2.32. The number of rotatable bonds is 11. The summed E-state index contributed by atoms with van der Waals surface area (Å²) in [6.45, 7) is 7.13. The van der Waals surface area contributed by atoms with Crippen LogP contribution in [0.3, 0.4) is 0 Å². The summed E-state index contributed by atoms with van der Waals surface area (Å²) in [5.74, 6) is -0.232. The highest BCUT2D eigenvalue weighted by molar-refractivity contribution is 5.94. The Hall–Kier alpha value is -2.20. The minimum absolute atomic E-state index is 0.0783. The lowest BCUT2D eigenvalue weighted by molar-refractivity contribution is -0.153. The minimum atomic E-state index is -0.474. The van der Waals surface area contributed by atoms with Crippen LogP contribution < -0.4 is 5.32 Å². The van der Waals surface area contributed by atoms with E-state index >= 15 is 0 Å². The number of methoxy groups -OCH3 is 1. The van der Waals surface area contributed by atoms with Gasteiger partial charge < -0.3 is 33.9 Å². The predicted molar refractivity (Wildman–Crippen MR) is 95.2 cm³/mol. The molecule has 2 aliphatic heterocycles. The largest absolute Gasteiger partial charge is 0.461 e. The van der Waals surface area contributed by atoms with Crippen molar-refractivity contribution in [2.75, 3.05) is 46.8 Å². The van der Waals surface area contributed by atoms with E-state index in [0.29, 0.717) is 37.8 Å². The SMILES string of the molecule is C=C1NC(=O)C(C)=CN1C1C=CC(COC(=O)COCCOCCOC)O1. The second-order valence-electron chi connectivity index (χ2n) is 5.91. The molecule has 0 radical (unpaired) electrons. The van der Waals surface area contributed by atoms with E-state index in [1.165, 1.54) is 0 Å². The number of ether oxygens (including phenoxy) is 5. The van der Waals surface area contributed by atoms with Crippen LogP contribution in [0.1, 0.15) is 6.92 Å². The lowest BCUT2D eigenvalue weighted by atomic mass is 10.2. The molecular weight excluding hydrogens is 356 g/mol. The van der Waals surface area contributed by atoms with E-state index in [9.17, 15) is 9.59 Å². The van der Waals surface area contributed by atoms with Crippen molar-refractivity contribution in [1.29, 1.82) is 0 Å². The summed E-state index contributed by atoms with van der Waals surface area (Å²) in [5, 5.41) is 2.66. The molecule has 0 fully saturated rings. The fraction of sp³-hybridized carbons (Fsp3) is 0.556. The van der Waals surface area contributed by atoms with Gasteiger partial charge in [-0.2, -0.15) is 0 Å². The van der Waals surface area contributed by atoms with Crippen LogP contribution in [0.5, 0.6) is 0 Å². The molecule has 0 aliphatic carbocycles. The highest BCUT2D eigenvalue weighted by atomic mass is 16.6. The fourth-order valence-corrected chi connectivity index (χ4v) is 2.34. The van der Waals surface area contributed by atoms with Crippen molar-refractivity contribution in [1.82, 2.24) is 10.2 Å². The number of nitrogens with one attached hydrogen (secondary N) is 1. The first-order chi connectivity index (χ1) is 13.0. The van der Waals surface area contributed by atoms with Gasteiger partial charge in [0, 0.05) is 18.9 Å². The van der Waals surface area contributed by atoms with Crippen molar-refractivity contribution in [3.05, 3.63) is 36.3 Å². The Kier molecular flexibility index (Phi) is 8.46. The number of hydrogen-bond acceptors (Lipinski definition) is 8. The summed E-state index contributed by atoms with van der Waals surface area (Å²) >= 11 is 0. The highest BCUT2D eigenvalue weighted by Gasteiger charge is 2.29. The normalized spacial score (nSPS) is 22.0. The summed E-state index contributed by atoms with van der Waals surface area (Å²) in [5.41, 5.74) is 0.553. The number of carbonyl (C=O) groups excluding carboxylic acids is 2. The molecule has 1 amide bonds. The van der Waals surface area contributed by atoms with Gasteiger partial charge in [-0.05, 0) is 13.0 Å². The van der Waals surface area contributed by atoms with Gasteiger partial charge in [0.2, 0.25) is 0 Å². The van der Waals surface area contributed by atoms with Crippen LogP contribution in [-0.4, -0.2) is 75.9 Å². The third kappa shape index (κ3) is 6.79. The number of esters is 1. The molecule has 27 heavy (non-hydrogen) atoms. The van der Waals surface area contributed by atoms with Crippen molar-refractivity contribution in [3.8, 4) is 0 Å². The van der Waals surface area contributed by atoms with E-state index in [-0.39, 0.29) is 25.2 Å². The van der Waals surface area contributed by atoms with E-state index in [2.05, 4.69) is 11.9 Å². The summed E-state index contributed by atoms with van der Waals surface area (Å²) < 4.78 is 26.2. The maximum absolute atomic E-state index is 11.7. The Morgan fingerprint density at radius 1 is 1.26 bits per heavy atom. The van der Waals surface area contributed by atoms with Gasteiger partial charge in [0.05, 0.1) is 26.4 Å². The molecule has 0 aromatic carbocycles. The van der Waals surface area contributed by atoms with E-state index in [0.717, 1.165) is 0 Å². The first-order valence-electron chi connectivity index (χ1n) is 8.62. The maximum atomic E-state index is 11.7. The monoisotopic (exact) mass is 382 g/mol. The molecule has 9 nitrogen and oxygen atoms in total. The average molecular weight is 382 g/mol. The van der Waals surface area contributed by atoms with Crippen molar-refractivity contribution in [2.45, 2.75) is 19.3 Å². The average Bonchev–Trinajstić information content (AvgIpc) is 3.11. The van der Waals surface area contributed by atoms with Gasteiger partial charge in [-0.25, -0.2) is 4.79 Å². The molecule has 0 spiro atoms. The Labute approximate surface area is 158 Å². The molecule has 2 unspecified atom stereocenters. The van der Waals surface area contributed by atoms with E-state index < -0.39 is 12.2 Å². The van der Waals surface area contributed by atoms with Crippen LogP contribution in [0, 0.1) is 0 Å². The number of hydrogen-bond donors (Lipinski definition) is 1. The molecular formula is C18H26N2O7. The van der Waals surface area contributed by atoms with Crippen LogP contribution in [0.2, 0.25) is 0 Å². The quantitative estimate of drug-likeness (QED) is 0.310. The smallest absolute Gasteiger partial charge is 0.332 e. The van der Waals surface area contributed by atoms with Crippen LogP contribution in [0.15, 0.2) is 36.3 Å². The lowest BCUT2D eigenvalue weighted by Crippen LogP contribution is -2.42. The summed E-state index contributed by atoms with van der Waals surface area (Å²) in [6, 6.07) is 0. The first kappa shape index (κ1) is 21.1. The standard InChI is InChI=1S/C18H26N2O7/c1-13-10-20(14(2)19-18(13)22)16-5-4-15(27-16)11-26-17(21)12-25-9-8-24-7-6-23-3/h4-5,10,15-16H,2,6-9,11-12H2,1,3H3,(H,19,22). The number of nitrogens with zero attached hydrogens (tertiary/aromatic N) is 1. The van der Waals surface area contributed by atoms with Gasteiger partial charge >= 0.3 is 5.97 Å². The van der Waals surface area contributed by atoms with Crippen molar-refractivity contribution in [3.63, 3.8) is 0 Å². The number of amides is 1. The zero-order chi connectivity index (χ0) is 19.6. The molecule has 0 aromatic heterocycles. The molecule has 2 aliphatic rings. The van der Waals surface area contributed by atoms with Crippen LogP contribution in [-0.2, 0) is 33.3 Å². The Morgan fingerprint density at radius 3 is 2.78 bits per heavy atom. The Bertz CT molecular complexity index is 603. The fourth-order valence-electron chi connectivity index (χ4n) is 2.34. The second-order valence-corrected chi connectivity index (χ2v) is 5.91. The minimum Gasteiger partial charge on any atom is -0.461 e. The van der Waals surface area contributed by atoms with E-state index in [4.69, 9.17) is 23.7 Å². The molecule has 1 N–H and O–H groups in total. The first-order valence-corrected chi connectivity index (χ1v) is 8.62. The zero-order valence-electron chi connectivity index (χ0n) is 15.6. The molecule has 9 heteroatoms. The van der Waals surface area contributed by atoms with Gasteiger partial charge in [-0.1, -0.05) is 12.7 Å². The van der Waals surface area contributed by atoms with E-state index in [1.807, 2.05) is 6.08 Å². The molecule has 2 heterocycles. The molecule has 0 saturated carbocycles. The van der Waals surface area contributed by atoms with Crippen LogP contribution in [0.25, 0.3) is 0 Å². The van der Waals surface area contributed by atoms with Gasteiger partial charge in [0.1, 0.15) is 25.1 Å². The second kappa shape index (κ2) is 10.8.